The molecule has 2 aromatic rings. The van der Waals surface area contributed by atoms with Crippen LogP contribution in [-0.4, -0.2) is 40.6 Å². The fourth-order valence-corrected chi connectivity index (χ4v) is 3.80. The number of H-pyrrole nitrogens is 1. The molecule has 0 aromatic carbocycles. The van der Waals surface area contributed by atoms with E-state index in [1.54, 1.807) is 17.5 Å². The predicted octanol–water partition coefficient (Wildman–Crippen LogP) is 2.28. The molecule has 6 heteroatoms. The first kappa shape index (κ1) is 15.2. The van der Waals surface area contributed by atoms with Crippen molar-refractivity contribution in [1.29, 1.82) is 0 Å². The van der Waals surface area contributed by atoms with Gasteiger partial charge in [0.05, 0.1) is 13.1 Å². The second-order valence-electron chi connectivity index (χ2n) is 5.88. The fourth-order valence-electron chi connectivity index (χ4n) is 2.97. The summed E-state index contributed by atoms with van der Waals surface area (Å²) in [5.41, 5.74) is 1.18. The molecule has 1 saturated heterocycles. The highest BCUT2D eigenvalue weighted by atomic mass is 32.1. The second-order valence-corrected chi connectivity index (χ2v) is 7.25. The molecule has 1 atom stereocenters. The topological polar surface area (TPSA) is 61.0 Å². The summed E-state index contributed by atoms with van der Waals surface area (Å²) in [5, 5.41) is 10.1. The van der Waals surface area contributed by atoms with E-state index < -0.39 is 0 Å². The molecule has 0 spiro atoms. The summed E-state index contributed by atoms with van der Waals surface area (Å²) in [6, 6.07) is 6.20. The third-order valence-corrected chi connectivity index (χ3v) is 5.09. The number of rotatable bonds is 5. The van der Waals surface area contributed by atoms with E-state index in [1.165, 1.54) is 15.4 Å². The molecule has 0 unspecified atom stereocenters. The van der Waals surface area contributed by atoms with Crippen molar-refractivity contribution in [3.63, 3.8) is 0 Å². The number of carbonyl (C=O) groups excluding carboxylic acids is 1. The van der Waals surface area contributed by atoms with Crippen molar-refractivity contribution in [3.8, 4) is 0 Å². The van der Waals surface area contributed by atoms with Gasteiger partial charge in [-0.1, -0.05) is 0 Å². The Morgan fingerprint density at radius 2 is 2.41 bits per heavy atom. The number of amides is 1. The Labute approximate surface area is 134 Å². The lowest BCUT2D eigenvalue weighted by atomic mass is 9.95. The first-order valence-electron chi connectivity index (χ1n) is 7.74. The molecular formula is C16H22N4OS. The quantitative estimate of drug-likeness (QED) is 0.889. The summed E-state index contributed by atoms with van der Waals surface area (Å²) in [6.45, 7) is 5.12. The fraction of sp³-hybridized carbons (Fsp3) is 0.500. The van der Waals surface area contributed by atoms with Gasteiger partial charge in [0, 0.05) is 34.1 Å². The van der Waals surface area contributed by atoms with Crippen molar-refractivity contribution in [1.82, 2.24) is 20.4 Å². The Balaban J connectivity index is 1.46. The number of piperidine rings is 1. The molecule has 0 bridgehead atoms. The number of carbonyl (C=O) groups is 1. The lowest BCUT2D eigenvalue weighted by molar-refractivity contribution is -0.122. The Morgan fingerprint density at radius 1 is 1.50 bits per heavy atom. The summed E-state index contributed by atoms with van der Waals surface area (Å²) in [4.78, 5) is 16.8. The van der Waals surface area contributed by atoms with E-state index in [-0.39, 0.29) is 5.91 Å². The molecule has 0 radical (unpaired) electrons. The molecule has 1 aliphatic rings. The molecule has 3 rings (SSSR count). The van der Waals surface area contributed by atoms with Gasteiger partial charge >= 0.3 is 0 Å². The van der Waals surface area contributed by atoms with Crippen molar-refractivity contribution in [2.24, 2.45) is 0 Å². The Hall–Kier alpha value is -1.66. The van der Waals surface area contributed by atoms with Crippen LogP contribution in [0, 0.1) is 6.92 Å². The molecule has 3 heterocycles. The number of thiophene rings is 1. The number of nitrogens with zero attached hydrogens (tertiary/aromatic N) is 2. The van der Waals surface area contributed by atoms with Crippen LogP contribution in [-0.2, 0) is 11.3 Å². The number of aromatic amines is 1. The van der Waals surface area contributed by atoms with Crippen LogP contribution >= 0.6 is 11.3 Å². The van der Waals surface area contributed by atoms with Crippen LogP contribution in [0.3, 0.4) is 0 Å². The standard InChI is InChI=1S/C16H22N4OS/c1-12-4-5-14(22-12)9-17-16(21)11-20-8-2-3-13(10-20)15-6-7-18-19-15/h4-7,13H,2-3,8-11H2,1H3,(H,17,21)(H,18,19)/t13-/m1/s1. The van der Waals surface area contributed by atoms with Gasteiger partial charge in [-0.2, -0.15) is 5.10 Å². The lowest BCUT2D eigenvalue weighted by Crippen LogP contribution is -2.41. The maximum absolute atomic E-state index is 12.1. The third-order valence-electron chi connectivity index (χ3n) is 4.09. The summed E-state index contributed by atoms with van der Waals surface area (Å²) in [6.07, 6.45) is 4.08. The molecule has 1 fully saturated rings. The smallest absolute Gasteiger partial charge is 0.234 e. The average molecular weight is 318 g/mol. The van der Waals surface area contributed by atoms with Gasteiger partial charge in [0.2, 0.25) is 5.91 Å². The van der Waals surface area contributed by atoms with Crippen molar-refractivity contribution >= 4 is 17.2 Å². The van der Waals surface area contributed by atoms with Gasteiger partial charge in [-0.15, -0.1) is 11.3 Å². The van der Waals surface area contributed by atoms with Crippen LogP contribution in [0.1, 0.15) is 34.2 Å². The van der Waals surface area contributed by atoms with E-state index >= 15 is 0 Å². The summed E-state index contributed by atoms with van der Waals surface area (Å²) < 4.78 is 0. The van der Waals surface area contributed by atoms with Crippen LogP contribution in [0.2, 0.25) is 0 Å². The monoisotopic (exact) mass is 318 g/mol. The molecule has 22 heavy (non-hydrogen) atoms. The molecule has 0 saturated carbocycles. The summed E-state index contributed by atoms with van der Waals surface area (Å²) in [5.74, 6) is 0.570. The van der Waals surface area contributed by atoms with E-state index in [2.05, 4.69) is 39.5 Å². The van der Waals surface area contributed by atoms with Crippen LogP contribution in [0.4, 0.5) is 0 Å². The van der Waals surface area contributed by atoms with Gasteiger partial charge in [0.25, 0.3) is 0 Å². The highest BCUT2D eigenvalue weighted by Gasteiger charge is 2.23. The van der Waals surface area contributed by atoms with Crippen molar-refractivity contribution in [3.05, 3.63) is 39.8 Å². The summed E-state index contributed by atoms with van der Waals surface area (Å²) >= 11 is 1.74. The average Bonchev–Trinajstić information content (AvgIpc) is 3.17. The van der Waals surface area contributed by atoms with E-state index in [9.17, 15) is 4.79 Å². The largest absolute Gasteiger partial charge is 0.350 e. The molecule has 5 nitrogen and oxygen atoms in total. The Kier molecular flexibility index (Phi) is 4.90. The minimum atomic E-state index is 0.108. The maximum Gasteiger partial charge on any atom is 0.234 e. The van der Waals surface area contributed by atoms with Gasteiger partial charge in [-0.05, 0) is 44.5 Å². The number of hydrogen-bond donors (Lipinski definition) is 2. The van der Waals surface area contributed by atoms with Crippen LogP contribution in [0.5, 0.6) is 0 Å². The molecule has 118 valence electrons. The zero-order chi connectivity index (χ0) is 15.4. The van der Waals surface area contributed by atoms with Crippen LogP contribution in [0.25, 0.3) is 0 Å². The van der Waals surface area contributed by atoms with Gasteiger partial charge in [-0.25, -0.2) is 0 Å². The number of aryl methyl sites for hydroxylation is 1. The molecule has 1 amide bonds. The van der Waals surface area contributed by atoms with Crippen molar-refractivity contribution < 1.29 is 4.79 Å². The van der Waals surface area contributed by atoms with Crippen LogP contribution in [0.15, 0.2) is 24.4 Å². The summed E-state index contributed by atoms with van der Waals surface area (Å²) in [7, 11) is 0. The zero-order valence-electron chi connectivity index (χ0n) is 12.8. The molecule has 1 aliphatic heterocycles. The van der Waals surface area contributed by atoms with Crippen molar-refractivity contribution in [2.45, 2.75) is 32.2 Å². The molecular weight excluding hydrogens is 296 g/mol. The highest BCUT2D eigenvalue weighted by molar-refractivity contribution is 7.11. The van der Waals surface area contributed by atoms with Gasteiger partial charge < -0.3 is 5.32 Å². The third kappa shape index (κ3) is 3.96. The number of likely N-dealkylation sites (tertiary alicyclic amines) is 1. The first-order valence-corrected chi connectivity index (χ1v) is 8.56. The second kappa shape index (κ2) is 7.07. The Bertz CT molecular complexity index is 607. The minimum absolute atomic E-state index is 0.108. The van der Waals surface area contributed by atoms with Crippen LogP contribution < -0.4 is 5.32 Å². The lowest BCUT2D eigenvalue weighted by Gasteiger charge is -2.31. The molecule has 0 aliphatic carbocycles. The van der Waals surface area contributed by atoms with Crippen molar-refractivity contribution in [2.75, 3.05) is 19.6 Å². The predicted molar refractivity (Wildman–Crippen MR) is 87.9 cm³/mol. The Morgan fingerprint density at radius 3 is 3.14 bits per heavy atom. The zero-order valence-corrected chi connectivity index (χ0v) is 13.7. The van der Waals surface area contributed by atoms with E-state index in [0.717, 1.165) is 25.9 Å². The maximum atomic E-state index is 12.1. The van der Waals surface area contributed by atoms with E-state index in [0.29, 0.717) is 19.0 Å². The van der Waals surface area contributed by atoms with E-state index in [4.69, 9.17) is 0 Å². The first-order chi connectivity index (χ1) is 10.7. The molecule has 2 aromatic heterocycles. The number of nitrogens with one attached hydrogen (secondary N) is 2. The SMILES string of the molecule is Cc1ccc(CNC(=O)CN2CCC[C@@H](c3ccn[nH]3)C2)s1. The van der Waals surface area contributed by atoms with Gasteiger partial charge in [-0.3, -0.25) is 14.8 Å². The van der Waals surface area contributed by atoms with Gasteiger partial charge in [0.15, 0.2) is 0 Å². The van der Waals surface area contributed by atoms with Gasteiger partial charge in [0.1, 0.15) is 0 Å². The normalized spacial score (nSPS) is 19.2. The highest BCUT2D eigenvalue weighted by Crippen LogP contribution is 2.24. The minimum Gasteiger partial charge on any atom is -0.350 e. The van der Waals surface area contributed by atoms with E-state index in [1.807, 2.05) is 6.07 Å². The molecule has 2 N–H and O–H groups in total. The number of aromatic nitrogens is 2. The number of hydrogen-bond acceptors (Lipinski definition) is 4.